The maximum atomic E-state index is 14.1. The molecule has 1 aromatic rings. The van der Waals surface area contributed by atoms with E-state index in [-0.39, 0.29) is 22.3 Å². The van der Waals surface area contributed by atoms with Gasteiger partial charge in [0, 0.05) is 25.2 Å². The molecule has 2 rings (SSSR count). The van der Waals surface area contributed by atoms with Crippen molar-refractivity contribution < 1.29 is 17.5 Å². The van der Waals surface area contributed by atoms with Crippen LogP contribution >= 0.6 is 0 Å². The summed E-state index contributed by atoms with van der Waals surface area (Å²) in [4.78, 5) is 2.11. The maximum absolute atomic E-state index is 14.1. The number of ether oxygens (including phenoxy) is 1. The van der Waals surface area contributed by atoms with Crippen molar-refractivity contribution in [2.45, 2.75) is 30.7 Å². The van der Waals surface area contributed by atoms with Gasteiger partial charge in [-0.2, -0.15) is 4.31 Å². The molecule has 0 bridgehead atoms. The van der Waals surface area contributed by atoms with Gasteiger partial charge in [0.25, 0.3) is 0 Å². The standard InChI is InChI=1S/C15H23FN2O3S/c1-11-14(8-7-13(21-4)15(11)16)22(19,20)18(3)12-6-5-9-17(2)10-12/h7-8,12H,5-6,9-10H2,1-4H3/t12-/m1/s1. The van der Waals surface area contributed by atoms with Gasteiger partial charge in [0.1, 0.15) is 0 Å². The molecule has 1 heterocycles. The van der Waals surface area contributed by atoms with Crippen molar-refractivity contribution >= 4 is 10.0 Å². The Hall–Kier alpha value is -1.18. The molecule has 0 aliphatic carbocycles. The van der Waals surface area contributed by atoms with Crippen LogP contribution in [0.4, 0.5) is 4.39 Å². The first-order valence-corrected chi connectivity index (χ1v) is 8.72. The lowest BCUT2D eigenvalue weighted by Gasteiger charge is -2.35. The van der Waals surface area contributed by atoms with Crippen LogP contribution < -0.4 is 4.74 Å². The van der Waals surface area contributed by atoms with E-state index in [9.17, 15) is 12.8 Å². The number of rotatable bonds is 4. The van der Waals surface area contributed by atoms with Crippen molar-refractivity contribution in [3.8, 4) is 5.75 Å². The lowest BCUT2D eigenvalue weighted by atomic mass is 10.1. The van der Waals surface area contributed by atoms with Gasteiger partial charge in [-0.25, -0.2) is 12.8 Å². The van der Waals surface area contributed by atoms with Crippen molar-refractivity contribution in [3.63, 3.8) is 0 Å². The topological polar surface area (TPSA) is 49.9 Å². The van der Waals surface area contributed by atoms with E-state index in [2.05, 4.69) is 4.90 Å². The van der Waals surface area contributed by atoms with E-state index >= 15 is 0 Å². The fourth-order valence-corrected chi connectivity index (χ4v) is 4.46. The van der Waals surface area contributed by atoms with Gasteiger partial charge >= 0.3 is 0 Å². The van der Waals surface area contributed by atoms with Crippen LogP contribution in [0.1, 0.15) is 18.4 Å². The number of likely N-dealkylation sites (N-methyl/N-ethyl adjacent to an activating group) is 2. The lowest BCUT2D eigenvalue weighted by molar-refractivity contribution is 0.187. The molecule has 1 saturated heterocycles. The highest BCUT2D eigenvalue weighted by Crippen LogP contribution is 2.29. The lowest BCUT2D eigenvalue weighted by Crippen LogP contribution is -2.47. The van der Waals surface area contributed by atoms with E-state index in [1.54, 1.807) is 7.05 Å². The molecule has 1 fully saturated rings. The van der Waals surface area contributed by atoms with Gasteiger partial charge < -0.3 is 9.64 Å². The summed E-state index contributed by atoms with van der Waals surface area (Å²) >= 11 is 0. The number of likely N-dealkylation sites (tertiary alicyclic amines) is 1. The van der Waals surface area contributed by atoms with Gasteiger partial charge in [-0.1, -0.05) is 0 Å². The minimum Gasteiger partial charge on any atom is -0.494 e. The first-order chi connectivity index (χ1) is 10.3. The van der Waals surface area contributed by atoms with E-state index < -0.39 is 15.8 Å². The Morgan fingerprint density at radius 3 is 2.68 bits per heavy atom. The third kappa shape index (κ3) is 3.11. The summed E-state index contributed by atoms with van der Waals surface area (Å²) in [5.74, 6) is -0.575. The van der Waals surface area contributed by atoms with E-state index in [1.807, 2.05) is 7.05 Å². The van der Waals surface area contributed by atoms with Gasteiger partial charge in [-0.05, 0) is 45.5 Å². The molecular weight excluding hydrogens is 307 g/mol. The zero-order valence-corrected chi connectivity index (χ0v) is 14.3. The molecule has 0 amide bonds. The Morgan fingerprint density at radius 1 is 1.41 bits per heavy atom. The Balaban J connectivity index is 2.36. The summed E-state index contributed by atoms with van der Waals surface area (Å²) in [6, 6.07) is 2.68. The summed E-state index contributed by atoms with van der Waals surface area (Å²) in [6.45, 7) is 3.12. The number of nitrogens with zero attached hydrogens (tertiary/aromatic N) is 2. The highest BCUT2D eigenvalue weighted by molar-refractivity contribution is 7.89. The molecule has 124 valence electrons. The molecular formula is C15H23FN2O3S. The minimum absolute atomic E-state index is 0.00141. The van der Waals surface area contributed by atoms with Crippen molar-refractivity contribution in [1.82, 2.24) is 9.21 Å². The molecule has 1 atom stereocenters. The third-order valence-electron chi connectivity index (χ3n) is 4.29. The third-order valence-corrected chi connectivity index (χ3v) is 6.35. The molecule has 7 heteroatoms. The van der Waals surface area contributed by atoms with Gasteiger partial charge in [-0.15, -0.1) is 0 Å². The van der Waals surface area contributed by atoms with Crippen LogP contribution in [0.3, 0.4) is 0 Å². The molecule has 0 spiro atoms. The number of sulfonamides is 1. The summed E-state index contributed by atoms with van der Waals surface area (Å²) in [5.41, 5.74) is 0.0929. The molecule has 5 nitrogen and oxygen atoms in total. The van der Waals surface area contributed by atoms with Gasteiger partial charge in [0.2, 0.25) is 10.0 Å². The molecule has 0 saturated carbocycles. The molecule has 1 aliphatic heterocycles. The minimum atomic E-state index is -3.73. The molecule has 0 aromatic heterocycles. The second kappa shape index (κ2) is 6.52. The first kappa shape index (κ1) is 17.2. The van der Waals surface area contributed by atoms with Crippen LogP contribution in [0.15, 0.2) is 17.0 Å². The van der Waals surface area contributed by atoms with Crippen LogP contribution in [0.5, 0.6) is 5.75 Å². The van der Waals surface area contributed by atoms with Gasteiger partial charge in [0.05, 0.1) is 12.0 Å². The highest BCUT2D eigenvalue weighted by atomic mass is 32.2. The van der Waals surface area contributed by atoms with Crippen LogP contribution in [-0.2, 0) is 10.0 Å². The molecule has 0 N–H and O–H groups in total. The van der Waals surface area contributed by atoms with E-state index in [1.165, 1.54) is 30.5 Å². The summed E-state index contributed by atoms with van der Waals surface area (Å²) in [7, 11) is 1.18. The van der Waals surface area contributed by atoms with Crippen LogP contribution in [0.25, 0.3) is 0 Å². The van der Waals surface area contributed by atoms with Crippen LogP contribution in [0.2, 0.25) is 0 Å². The van der Waals surface area contributed by atoms with E-state index in [4.69, 9.17) is 4.74 Å². The normalized spacial score (nSPS) is 20.4. The molecule has 1 aliphatic rings. The second-order valence-electron chi connectivity index (χ2n) is 5.78. The van der Waals surface area contributed by atoms with Crippen LogP contribution in [-0.4, -0.2) is 58.0 Å². The van der Waals surface area contributed by atoms with Crippen molar-refractivity contribution in [2.75, 3.05) is 34.3 Å². The number of methoxy groups -OCH3 is 1. The van der Waals surface area contributed by atoms with Crippen molar-refractivity contribution in [2.24, 2.45) is 0 Å². The summed E-state index contributed by atoms with van der Waals surface area (Å²) in [6.07, 6.45) is 1.77. The Kier molecular flexibility index (Phi) is 5.09. The van der Waals surface area contributed by atoms with Crippen molar-refractivity contribution in [1.29, 1.82) is 0 Å². The smallest absolute Gasteiger partial charge is 0.243 e. The van der Waals surface area contributed by atoms with Crippen LogP contribution in [0, 0.1) is 12.7 Å². The molecule has 0 radical (unpaired) electrons. The molecule has 1 aromatic carbocycles. The predicted octanol–water partition coefficient (Wildman–Crippen LogP) is 1.86. The molecule has 22 heavy (non-hydrogen) atoms. The number of piperidine rings is 1. The summed E-state index contributed by atoms with van der Waals surface area (Å²) < 4.78 is 46.0. The zero-order valence-electron chi connectivity index (χ0n) is 13.5. The maximum Gasteiger partial charge on any atom is 0.243 e. The Bertz CT molecular complexity index is 648. The highest BCUT2D eigenvalue weighted by Gasteiger charge is 2.32. The predicted molar refractivity (Wildman–Crippen MR) is 83.2 cm³/mol. The fourth-order valence-electron chi connectivity index (χ4n) is 2.87. The van der Waals surface area contributed by atoms with E-state index in [0.717, 1.165) is 19.4 Å². The number of hydrogen-bond donors (Lipinski definition) is 0. The number of benzene rings is 1. The van der Waals surface area contributed by atoms with E-state index in [0.29, 0.717) is 6.54 Å². The average Bonchev–Trinajstić information content (AvgIpc) is 2.48. The average molecular weight is 330 g/mol. The zero-order chi connectivity index (χ0) is 16.5. The largest absolute Gasteiger partial charge is 0.494 e. The fraction of sp³-hybridized carbons (Fsp3) is 0.600. The Morgan fingerprint density at radius 2 is 2.09 bits per heavy atom. The molecule has 0 unspecified atom stereocenters. The van der Waals surface area contributed by atoms with Gasteiger partial charge in [-0.3, -0.25) is 0 Å². The summed E-state index contributed by atoms with van der Waals surface area (Å²) in [5, 5.41) is 0. The van der Waals surface area contributed by atoms with Gasteiger partial charge in [0.15, 0.2) is 11.6 Å². The Labute approximate surface area is 131 Å². The number of hydrogen-bond acceptors (Lipinski definition) is 4. The van der Waals surface area contributed by atoms with Crippen molar-refractivity contribution in [3.05, 3.63) is 23.5 Å². The number of halogens is 1. The quantitative estimate of drug-likeness (QED) is 0.845. The SMILES string of the molecule is COc1ccc(S(=O)(=O)N(C)[C@@H]2CCCN(C)C2)c(C)c1F. The monoisotopic (exact) mass is 330 g/mol. The second-order valence-corrected chi connectivity index (χ2v) is 7.75. The first-order valence-electron chi connectivity index (χ1n) is 7.28.